The Hall–Kier alpha value is -1.87. The lowest BCUT2D eigenvalue weighted by Crippen LogP contribution is -2.56. The van der Waals surface area contributed by atoms with Gasteiger partial charge in [0.05, 0.1) is 0 Å². The summed E-state index contributed by atoms with van der Waals surface area (Å²) < 4.78 is 0. The van der Waals surface area contributed by atoms with Gasteiger partial charge in [0.2, 0.25) is 0 Å². The Labute approximate surface area is 167 Å². The SMILES string of the molecule is CN=C(NCC(C)N1CCN(C)CC1)N1CCC(C2(C)NC(=O)NC2=O)CC1. The summed E-state index contributed by atoms with van der Waals surface area (Å²) in [5, 5.41) is 8.71. The molecule has 0 aromatic carbocycles. The van der Waals surface area contributed by atoms with Crippen LogP contribution in [-0.4, -0.2) is 104 Å². The highest BCUT2D eigenvalue weighted by molar-refractivity contribution is 6.07. The monoisotopic (exact) mass is 393 g/mol. The summed E-state index contributed by atoms with van der Waals surface area (Å²) in [5.74, 6) is 0.849. The molecule has 3 aliphatic rings. The number of likely N-dealkylation sites (tertiary alicyclic amines) is 1. The van der Waals surface area contributed by atoms with E-state index in [1.807, 2.05) is 14.0 Å². The van der Waals surface area contributed by atoms with E-state index in [9.17, 15) is 9.59 Å². The van der Waals surface area contributed by atoms with E-state index in [1.54, 1.807) is 0 Å². The van der Waals surface area contributed by atoms with Crippen molar-refractivity contribution in [3.05, 3.63) is 0 Å². The number of nitrogens with one attached hydrogen (secondary N) is 3. The number of carbonyl (C=O) groups excluding carboxylic acids is 2. The van der Waals surface area contributed by atoms with Gasteiger partial charge >= 0.3 is 6.03 Å². The van der Waals surface area contributed by atoms with E-state index in [4.69, 9.17) is 0 Å². The topological polar surface area (TPSA) is 92.3 Å². The number of carbonyl (C=O) groups is 2. The first kappa shape index (κ1) is 20.9. The number of piperazine rings is 1. The van der Waals surface area contributed by atoms with E-state index in [1.165, 1.54) is 0 Å². The van der Waals surface area contributed by atoms with Crippen molar-refractivity contribution in [2.24, 2.45) is 10.9 Å². The Morgan fingerprint density at radius 3 is 2.39 bits per heavy atom. The summed E-state index contributed by atoms with van der Waals surface area (Å²) >= 11 is 0. The second kappa shape index (κ2) is 8.65. The number of hydrogen-bond donors (Lipinski definition) is 3. The van der Waals surface area contributed by atoms with Crippen molar-refractivity contribution in [3.63, 3.8) is 0 Å². The highest BCUT2D eigenvalue weighted by atomic mass is 16.2. The van der Waals surface area contributed by atoms with Crippen molar-refractivity contribution in [2.75, 3.05) is 59.9 Å². The molecule has 9 heteroatoms. The molecule has 3 rings (SSSR count). The van der Waals surface area contributed by atoms with Crippen LogP contribution in [0.1, 0.15) is 26.7 Å². The minimum absolute atomic E-state index is 0.137. The lowest BCUT2D eigenvalue weighted by atomic mass is 9.79. The smallest absolute Gasteiger partial charge is 0.322 e. The van der Waals surface area contributed by atoms with E-state index in [0.717, 1.165) is 64.6 Å². The molecule has 158 valence electrons. The molecule has 0 aromatic rings. The van der Waals surface area contributed by atoms with Crippen molar-refractivity contribution >= 4 is 17.9 Å². The summed E-state index contributed by atoms with van der Waals surface area (Å²) in [4.78, 5) is 35.3. The zero-order chi connectivity index (χ0) is 20.3. The maximum absolute atomic E-state index is 12.2. The number of guanidine groups is 1. The van der Waals surface area contributed by atoms with Crippen LogP contribution in [-0.2, 0) is 4.79 Å². The zero-order valence-electron chi connectivity index (χ0n) is 17.6. The van der Waals surface area contributed by atoms with Crippen LogP contribution in [0.2, 0.25) is 0 Å². The molecule has 28 heavy (non-hydrogen) atoms. The molecule has 9 nitrogen and oxygen atoms in total. The summed E-state index contributed by atoms with van der Waals surface area (Å²) in [7, 11) is 3.99. The van der Waals surface area contributed by atoms with Gasteiger partial charge in [-0.05, 0) is 39.7 Å². The lowest BCUT2D eigenvalue weighted by molar-refractivity contribution is -0.125. The maximum atomic E-state index is 12.2. The normalized spacial score (nSPS) is 29.6. The van der Waals surface area contributed by atoms with Crippen LogP contribution in [0.15, 0.2) is 4.99 Å². The Bertz CT molecular complexity index is 609. The van der Waals surface area contributed by atoms with Crippen molar-refractivity contribution in [2.45, 2.75) is 38.3 Å². The number of imide groups is 1. The molecular weight excluding hydrogens is 358 g/mol. The minimum Gasteiger partial charge on any atom is -0.355 e. The Kier molecular flexibility index (Phi) is 6.44. The second-order valence-corrected chi connectivity index (χ2v) is 8.49. The molecule has 3 saturated heterocycles. The largest absolute Gasteiger partial charge is 0.355 e. The molecule has 0 aromatic heterocycles. The molecular formula is C19H35N7O2. The van der Waals surface area contributed by atoms with E-state index in [2.05, 4.69) is 49.6 Å². The van der Waals surface area contributed by atoms with Crippen LogP contribution in [0, 0.1) is 5.92 Å². The quantitative estimate of drug-likeness (QED) is 0.339. The summed E-state index contributed by atoms with van der Waals surface area (Å²) in [6.45, 7) is 11.1. The first-order valence-electron chi connectivity index (χ1n) is 10.3. The molecule has 0 bridgehead atoms. The molecule has 0 radical (unpaired) electrons. The third-order valence-electron chi connectivity index (χ3n) is 6.61. The molecule has 2 atom stereocenters. The van der Waals surface area contributed by atoms with Gasteiger partial charge in [0.25, 0.3) is 5.91 Å². The molecule has 3 amide bonds. The van der Waals surface area contributed by atoms with Crippen LogP contribution in [0.4, 0.5) is 4.79 Å². The highest BCUT2D eigenvalue weighted by Crippen LogP contribution is 2.30. The summed E-state index contributed by atoms with van der Waals surface area (Å²) in [5.41, 5.74) is -0.796. The highest BCUT2D eigenvalue weighted by Gasteiger charge is 2.48. The summed E-state index contributed by atoms with van der Waals surface area (Å²) in [6.07, 6.45) is 1.69. The number of piperidine rings is 1. The van der Waals surface area contributed by atoms with Gasteiger partial charge in [-0.3, -0.25) is 20.0 Å². The average molecular weight is 394 g/mol. The van der Waals surface area contributed by atoms with Gasteiger partial charge in [0.15, 0.2) is 5.96 Å². The Morgan fingerprint density at radius 2 is 1.86 bits per heavy atom. The van der Waals surface area contributed by atoms with Gasteiger partial charge in [-0.25, -0.2) is 4.79 Å². The van der Waals surface area contributed by atoms with Crippen molar-refractivity contribution in [1.29, 1.82) is 0 Å². The van der Waals surface area contributed by atoms with Crippen LogP contribution in [0.5, 0.6) is 0 Å². The first-order chi connectivity index (χ1) is 13.3. The van der Waals surface area contributed by atoms with Gasteiger partial charge < -0.3 is 20.4 Å². The molecule has 2 unspecified atom stereocenters. The van der Waals surface area contributed by atoms with Gasteiger partial charge in [0.1, 0.15) is 5.54 Å². The van der Waals surface area contributed by atoms with Crippen LogP contribution < -0.4 is 16.0 Å². The van der Waals surface area contributed by atoms with E-state index >= 15 is 0 Å². The zero-order valence-corrected chi connectivity index (χ0v) is 17.6. The Balaban J connectivity index is 1.47. The number of nitrogens with zero attached hydrogens (tertiary/aromatic N) is 4. The molecule has 3 heterocycles. The number of rotatable bonds is 4. The fraction of sp³-hybridized carbons (Fsp3) is 0.842. The van der Waals surface area contributed by atoms with Gasteiger partial charge in [-0.15, -0.1) is 0 Å². The first-order valence-corrected chi connectivity index (χ1v) is 10.3. The van der Waals surface area contributed by atoms with Gasteiger partial charge in [0, 0.05) is 58.9 Å². The van der Waals surface area contributed by atoms with Crippen molar-refractivity contribution in [3.8, 4) is 0 Å². The van der Waals surface area contributed by atoms with E-state index < -0.39 is 5.54 Å². The van der Waals surface area contributed by atoms with E-state index in [-0.39, 0.29) is 17.9 Å². The van der Waals surface area contributed by atoms with Crippen LogP contribution in [0.3, 0.4) is 0 Å². The summed E-state index contributed by atoms with van der Waals surface area (Å²) in [6, 6.07) is 0.0737. The third-order valence-corrected chi connectivity index (χ3v) is 6.61. The number of likely N-dealkylation sites (N-methyl/N-ethyl adjacent to an activating group) is 1. The molecule has 0 spiro atoms. The third kappa shape index (κ3) is 4.41. The number of amides is 3. The molecule has 3 N–H and O–H groups in total. The Morgan fingerprint density at radius 1 is 1.21 bits per heavy atom. The van der Waals surface area contributed by atoms with Crippen LogP contribution in [0.25, 0.3) is 0 Å². The number of hydrogen-bond acceptors (Lipinski definition) is 5. The van der Waals surface area contributed by atoms with Crippen LogP contribution >= 0.6 is 0 Å². The average Bonchev–Trinajstić information content (AvgIpc) is 2.95. The molecule has 0 saturated carbocycles. The van der Waals surface area contributed by atoms with E-state index in [0.29, 0.717) is 6.04 Å². The predicted molar refractivity (Wildman–Crippen MR) is 109 cm³/mol. The molecule has 3 aliphatic heterocycles. The predicted octanol–water partition coefficient (Wildman–Crippen LogP) is -0.492. The van der Waals surface area contributed by atoms with Crippen molar-refractivity contribution < 1.29 is 9.59 Å². The number of urea groups is 1. The fourth-order valence-corrected chi connectivity index (χ4v) is 4.48. The standard InChI is InChI=1S/C19H35N7O2/c1-14(25-11-9-24(4)10-12-25)13-21-17(20-3)26-7-5-15(6-8-26)19(2)16(27)22-18(28)23-19/h14-15H,5-13H2,1-4H3,(H,20,21)(H2,22,23,27,28). The maximum Gasteiger partial charge on any atom is 0.322 e. The molecule has 0 aliphatic carbocycles. The lowest BCUT2D eigenvalue weighted by Gasteiger charge is -2.40. The number of aliphatic imine (C=N–C) groups is 1. The van der Waals surface area contributed by atoms with Crippen molar-refractivity contribution in [1.82, 2.24) is 30.7 Å². The van der Waals surface area contributed by atoms with Gasteiger partial charge in [-0.1, -0.05) is 0 Å². The minimum atomic E-state index is -0.796. The van der Waals surface area contributed by atoms with Gasteiger partial charge in [-0.2, -0.15) is 0 Å². The molecule has 3 fully saturated rings. The fourth-order valence-electron chi connectivity index (χ4n) is 4.48. The second-order valence-electron chi connectivity index (χ2n) is 8.49.